The highest BCUT2D eigenvalue weighted by atomic mass is 16.5. The molecule has 5 aliphatic rings. The third kappa shape index (κ3) is 2.28. The van der Waals surface area contributed by atoms with Gasteiger partial charge in [-0.15, -0.1) is 0 Å². The van der Waals surface area contributed by atoms with Gasteiger partial charge in [0.05, 0.1) is 25.1 Å². The average Bonchev–Trinajstić information content (AvgIpc) is 3.47. The van der Waals surface area contributed by atoms with E-state index in [1.54, 1.807) is 13.2 Å². The van der Waals surface area contributed by atoms with Crippen LogP contribution in [0, 0.1) is 40.9 Å². The fourth-order valence-corrected chi connectivity index (χ4v) is 8.14. The quantitative estimate of drug-likeness (QED) is 0.728. The lowest BCUT2D eigenvalue weighted by atomic mass is 9.48. The Kier molecular flexibility index (Phi) is 4.15. The molecule has 0 saturated heterocycles. The van der Waals surface area contributed by atoms with E-state index in [4.69, 9.17) is 4.74 Å². The Morgan fingerprint density at radius 1 is 1.26 bits per heavy atom. The number of aliphatic hydroxyl groups excluding tert-OH is 1. The Hall–Kier alpha value is -1.06. The molecule has 0 heterocycles. The first kappa shape index (κ1) is 18.0. The van der Waals surface area contributed by atoms with E-state index in [1.165, 1.54) is 31.3 Å². The largest absolute Gasteiger partial charge is 0.501 e. The molecule has 5 aliphatic carbocycles. The topological polar surface area (TPSA) is 49.7 Å². The van der Waals surface area contributed by atoms with Crippen LogP contribution in [0.5, 0.6) is 0 Å². The molecule has 0 spiro atoms. The van der Waals surface area contributed by atoms with Crippen molar-refractivity contribution in [3.8, 4) is 0 Å². The lowest BCUT2D eigenvalue weighted by molar-refractivity contribution is -0.121. The van der Waals surface area contributed by atoms with Crippen LogP contribution in [-0.2, 0) is 4.74 Å². The molecule has 2 N–H and O–H groups in total. The van der Waals surface area contributed by atoms with Crippen LogP contribution >= 0.6 is 0 Å². The summed E-state index contributed by atoms with van der Waals surface area (Å²) in [5.41, 5.74) is 0.829. The molecule has 3 unspecified atom stereocenters. The van der Waals surface area contributed by atoms with Gasteiger partial charge in [0, 0.05) is 11.8 Å². The molecule has 0 aromatic heterocycles. The smallest absolute Gasteiger partial charge is 0.0958 e. The van der Waals surface area contributed by atoms with Crippen LogP contribution < -0.4 is 0 Å². The van der Waals surface area contributed by atoms with Gasteiger partial charge in [0.2, 0.25) is 0 Å². The van der Waals surface area contributed by atoms with Gasteiger partial charge in [-0.25, -0.2) is 0 Å². The summed E-state index contributed by atoms with van der Waals surface area (Å²) in [6.07, 6.45) is 16.6. The number of ether oxygens (including phenoxy) is 1. The van der Waals surface area contributed by atoms with Gasteiger partial charge in [0.15, 0.2) is 0 Å². The van der Waals surface area contributed by atoms with Crippen molar-refractivity contribution < 1.29 is 14.9 Å². The fourth-order valence-electron chi connectivity index (χ4n) is 8.14. The fraction of sp³-hybridized carbons (Fsp3) is 0.750. The Bertz CT molecular complexity index is 706. The minimum absolute atomic E-state index is 0.0148. The molecule has 3 fully saturated rings. The SMILES string of the molecule is CC[C@]12CCC3C(CC=C4C=C(OC)CC[C@@H]43)C1[C@@H]1C[C@@H]1[C@@]2(O)C=CCO. The normalized spacial score (nSPS) is 50.2. The summed E-state index contributed by atoms with van der Waals surface area (Å²) in [7, 11) is 1.79. The summed E-state index contributed by atoms with van der Waals surface area (Å²) in [5.74, 6) is 5.07. The predicted octanol–water partition coefficient (Wildman–Crippen LogP) is 4.22. The zero-order valence-electron chi connectivity index (χ0n) is 16.7. The molecule has 0 amide bonds. The third-order valence-electron chi connectivity index (χ3n) is 9.21. The van der Waals surface area contributed by atoms with Gasteiger partial charge in [0.25, 0.3) is 0 Å². The van der Waals surface area contributed by atoms with Gasteiger partial charge < -0.3 is 14.9 Å². The van der Waals surface area contributed by atoms with E-state index in [2.05, 4.69) is 19.1 Å². The average molecular weight is 371 g/mol. The molecule has 0 bridgehead atoms. The summed E-state index contributed by atoms with van der Waals surface area (Å²) in [6.45, 7) is 2.31. The van der Waals surface area contributed by atoms with E-state index in [9.17, 15) is 10.2 Å². The molecule has 3 saturated carbocycles. The van der Waals surface area contributed by atoms with Crippen molar-refractivity contribution in [2.75, 3.05) is 13.7 Å². The minimum Gasteiger partial charge on any atom is -0.501 e. The van der Waals surface area contributed by atoms with Gasteiger partial charge >= 0.3 is 0 Å². The minimum atomic E-state index is -0.704. The molecular weight excluding hydrogens is 336 g/mol. The lowest BCUT2D eigenvalue weighted by Gasteiger charge is -2.57. The molecular formula is C24H34O3. The second-order valence-corrected chi connectivity index (χ2v) is 9.72. The van der Waals surface area contributed by atoms with E-state index < -0.39 is 5.60 Å². The predicted molar refractivity (Wildman–Crippen MR) is 106 cm³/mol. The third-order valence-corrected chi connectivity index (χ3v) is 9.21. The first-order valence-corrected chi connectivity index (χ1v) is 11.0. The van der Waals surface area contributed by atoms with E-state index >= 15 is 0 Å². The van der Waals surface area contributed by atoms with Crippen molar-refractivity contribution in [2.24, 2.45) is 40.9 Å². The molecule has 148 valence electrons. The molecule has 0 aromatic carbocycles. The maximum atomic E-state index is 11.8. The van der Waals surface area contributed by atoms with Crippen LogP contribution in [0.3, 0.4) is 0 Å². The number of hydrogen-bond donors (Lipinski definition) is 2. The van der Waals surface area contributed by atoms with Crippen molar-refractivity contribution in [3.05, 3.63) is 35.6 Å². The zero-order valence-corrected chi connectivity index (χ0v) is 16.7. The highest BCUT2D eigenvalue weighted by Gasteiger charge is 2.75. The Labute approximate surface area is 163 Å². The standard InChI is InChI=1S/C24H34O3/c1-3-23-11-9-18-17-8-6-16(27-2)13-15(17)5-7-19(18)22(23)20-14-21(20)24(23,26)10-4-12-25/h4-5,10,13,17-22,25-26H,3,6-9,11-12,14H2,1-2H3/t17-,18?,19?,20+,21-,22?,23-,24-/m0/s1. The second kappa shape index (κ2) is 6.22. The maximum absolute atomic E-state index is 11.8. The number of fused-ring (bicyclic) bond motifs is 7. The summed E-state index contributed by atoms with van der Waals surface area (Å²) in [4.78, 5) is 0. The van der Waals surface area contributed by atoms with Crippen LogP contribution in [0.25, 0.3) is 0 Å². The number of methoxy groups -OCH3 is 1. The Morgan fingerprint density at radius 3 is 2.85 bits per heavy atom. The summed E-state index contributed by atoms with van der Waals surface area (Å²) in [5, 5.41) is 21.2. The van der Waals surface area contributed by atoms with Crippen LogP contribution in [0.2, 0.25) is 0 Å². The van der Waals surface area contributed by atoms with E-state index in [-0.39, 0.29) is 12.0 Å². The summed E-state index contributed by atoms with van der Waals surface area (Å²) in [6, 6.07) is 0. The Morgan fingerprint density at radius 2 is 2.11 bits per heavy atom. The van der Waals surface area contributed by atoms with Gasteiger partial charge in [0.1, 0.15) is 0 Å². The van der Waals surface area contributed by atoms with E-state index in [0.29, 0.717) is 23.7 Å². The van der Waals surface area contributed by atoms with Crippen molar-refractivity contribution in [2.45, 2.75) is 57.5 Å². The number of rotatable bonds is 4. The van der Waals surface area contributed by atoms with Gasteiger partial charge in [-0.2, -0.15) is 0 Å². The number of allylic oxidation sites excluding steroid dienone is 4. The van der Waals surface area contributed by atoms with Crippen molar-refractivity contribution in [1.29, 1.82) is 0 Å². The van der Waals surface area contributed by atoms with Crippen LogP contribution in [0.1, 0.15) is 51.9 Å². The zero-order chi connectivity index (χ0) is 18.8. The molecule has 5 rings (SSSR count). The number of aliphatic hydroxyl groups is 2. The van der Waals surface area contributed by atoms with Crippen molar-refractivity contribution in [1.82, 2.24) is 0 Å². The van der Waals surface area contributed by atoms with Crippen LogP contribution in [0.15, 0.2) is 35.6 Å². The number of hydrogen-bond acceptors (Lipinski definition) is 3. The van der Waals surface area contributed by atoms with Gasteiger partial charge in [-0.1, -0.05) is 25.2 Å². The molecule has 0 radical (unpaired) electrons. The summed E-state index contributed by atoms with van der Waals surface area (Å²) < 4.78 is 5.53. The summed E-state index contributed by atoms with van der Waals surface area (Å²) >= 11 is 0. The van der Waals surface area contributed by atoms with E-state index in [1.807, 2.05) is 6.08 Å². The highest BCUT2D eigenvalue weighted by molar-refractivity contribution is 5.35. The van der Waals surface area contributed by atoms with Gasteiger partial charge in [-0.05, 0) is 85.7 Å². The monoisotopic (exact) mass is 370 g/mol. The maximum Gasteiger partial charge on any atom is 0.0958 e. The molecule has 0 aliphatic heterocycles. The first-order chi connectivity index (χ1) is 13.1. The second-order valence-electron chi connectivity index (χ2n) is 9.72. The van der Waals surface area contributed by atoms with Crippen molar-refractivity contribution >= 4 is 0 Å². The van der Waals surface area contributed by atoms with Gasteiger partial charge in [-0.3, -0.25) is 0 Å². The first-order valence-electron chi connectivity index (χ1n) is 11.0. The molecule has 8 atom stereocenters. The lowest BCUT2D eigenvalue weighted by Crippen LogP contribution is -2.55. The molecule has 0 aromatic rings. The molecule has 3 nitrogen and oxygen atoms in total. The Balaban J connectivity index is 1.50. The molecule has 3 heteroatoms. The van der Waals surface area contributed by atoms with Crippen LogP contribution in [-0.4, -0.2) is 29.5 Å². The highest BCUT2D eigenvalue weighted by Crippen LogP contribution is 2.76. The van der Waals surface area contributed by atoms with Crippen LogP contribution in [0.4, 0.5) is 0 Å². The van der Waals surface area contributed by atoms with E-state index in [0.717, 1.165) is 36.9 Å². The van der Waals surface area contributed by atoms with Crippen molar-refractivity contribution in [3.63, 3.8) is 0 Å². The molecule has 27 heavy (non-hydrogen) atoms.